The van der Waals surface area contributed by atoms with Gasteiger partial charge in [0.15, 0.2) is 0 Å². The maximum atomic E-state index is 2.43. The normalized spacial score (nSPS) is 14.3. The third-order valence-corrected chi connectivity index (χ3v) is 12.1. The van der Waals surface area contributed by atoms with Gasteiger partial charge in [0, 0.05) is 17.1 Å². The fourth-order valence-electron chi connectivity index (χ4n) is 9.38. The molecule has 0 radical (unpaired) electrons. The van der Waals surface area contributed by atoms with E-state index in [4.69, 9.17) is 0 Å². The van der Waals surface area contributed by atoms with E-state index in [1.54, 1.807) is 0 Å². The first-order chi connectivity index (χ1) is 28.7. The van der Waals surface area contributed by atoms with Gasteiger partial charge in [0.05, 0.1) is 5.41 Å². The first kappa shape index (κ1) is 33.8. The van der Waals surface area contributed by atoms with Crippen LogP contribution in [0.25, 0.3) is 54.9 Å². The molecule has 58 heavy (non-hydrogen) atoms. The molecule has 11 rings (SSSR count). The molecule has 10 aromatic carbocycles. The topological polar surface area (TPSA) is 3.24 Å². The highest BCUT2D eigenvalue weighted by Gasteiger charge is 2.46. The summed E-state index contributed by atoms with van der Waals surface area (Å²) in [6.45, 7) is 0. The van der Waals surface area contributed by atoms with Crippen LogP contribution in [-0.4, -0.2) is 0 Å². The lowest BCUT2D eigenvalue weighted by atomic mass is 9.67. The second kappa shape index (κ2) is 13.9. The summed E-state index contributed by atoms with van der Waals surface area (Å²) in [7, 11) is 0. The highest BCUT2D eigenvalue weighted by Crippen LogP contribution is 2.57. The molecule has 1 nitrogen and oxygen atoms in total. The summed E-state index contributed by atoms with van der Waals surface area (Å²) in [6.07, 6.45) is 0. The zero-order valence-corrected chi connectivity index (χ0v) is 32.0. The van der Waals surface area contributed by atoms with E-state index in [-0.39, 0.29) is 0 Å². The highest BCUT2D eigenvalue weighted by molar-refractivity contribution is 5.96. The second-order valence-electron chi connectivity index (χ2n) is 15.3. The van der Waals surface area contributed by atoms with E-state index < -0.39 is 5.41 Å². The fourth-order valence-corrected chi connectivity index (χ4v) is 9.38. The molecule has 0 bridgehead atoms. The number of fused-ring (bicyclic) bond motifs is 5. The molecule has 0 saturated heterocycles. The molecule has 0 spiro atoms. The summed E-state index contributed by atoms with van der Waals surface area (Å²) >= 11 is 0. The van der Waals surface area contributed by atoms with Crippen LogP contribution in [0.2, 0.25) is 0 Å². The van der Waals surface area contributed by atoms with E-state index in [0.29, 0.717) is 0 Å². The first-order valence-corrected chi connectivity index (χ1v) is 20.1. The van der Waals surface area contributed by atoms with Crippen molar-refractivity contribution in [3.63, 3.8) is 0 Å². The van der Waals surface area contributed by atoms with Crippen LogP contribution in [0.5, 0.6) is 0 Å². The molecule has 1 unspecified atom stereocenters. The molecule has 0 heterocycles. The van der Waals surface area contributed by atoms with Crippen molar-refractivity contribution in [1.82, 2.24) is 0 Å². The van der Waals surface area contributed by atoms with E-state index >= 15 is 0 Å². The van der Waals surface area contributed by atoms with Gasteiger partial charge in [-0.3, -0.25) is 0 Å². The first-order valence-electron chi connectivity index (χ1n) is 20.1. The van der Waals surface area contributed by atoms with Gasteiger partial charge in [-0.15, -0.1) is 0 Å². The van der Waals surface area contributed by atoms with Crippen molar-refractivity contribution in [3.8, 4) is 33.4 Å². The predicted molar refractivity (Wildman–Crippen MR) is 244 cm³/mol. The van der Waals surface area contributed by atoms with E-state index in [2.05, 4.69) is 241 Å². The third-order valence-electron chi connectivity index (χ3n) is 12.1. The molecule has 1 atom stereocenters. The monoisotopic (exact) mass is 737 g/mol. The lowest BCUT2D eigenvalue weighted by Crippen LogP contribution is -2.28. The molecule has 0 aliphatic heterocycles. The van der Waals surface area contributed by atoms with Gasteiger partial charge >= 0.3 is 0 Å². The van der Waals surface area contributed by atoms with Crippen LogP contribution in [-0.2, 0) is 5.41 Å². The minimum Gasteiger partial charge on any atom is -0.310 e. The minimum atomic E-state index is -0.459. The lowest BCUT2D eigenvalue weighted by Gasteiger charge is -2.34. The van der Waals surface area contributed by atoms with Crippen molar-refractivity contribution < 1.29 is 0 Å². The van der Waals surface area contributed by atoms with Crippen LogP contribution in [0, 0.1) is 0 Å². The Morgan fingerprint density at radius 1 is 0.259 bits per heavy atom. The summed E-state index contributed by atoms with van der Waals surface area (Å²) in [5, 5.41) is 4.95. The Kier molecular flexibility index (Phi) is 8.12. The standard InChI is InChI=1S/C57H39N/c1-4-15-40(16-5-1)45-27-28-47-37-52(34-31-46(47)35-45)58(50-22-8-3-9-23-50)51-24-14-19-42(36-51)41-29-32-49(33-30-41)57(48-20-6-2-7-21-48)55-26-13-12-25-53(55)54-38-43-17-10-11-18-44(43)39-56(54)57/h1-39H. The van der Waals surface area contributed by atoms with Gasteiger partial charge in [-0.25, -0.2) is 0 Å². The number of nitrogens with zero attached hydrogens (tertiary/aromatic N) is 1. The summed E-state index contributed by atoms with van der Waals surface area (Å²) in [5.41, 5.74) is 15.5. The van der Waals surface area contributed by atoms with Crippen LogP contribution in [0.4, 0.5) is 17.1 Å². The van der Waals surface area contributed by atoms with E-state index in [9.17, 15) is 0 Å². The quantitative estimate of drug-likeness (QED) is 0.157. The maximum Gasteiger partial charge on any atom is 0.0713 e. The maximum absolute atomic E-state index is 2.43. The van der Waals surface area contributed by atoms with Crippen molar-refractivity contribution in [3.05, 3.63) is 259 Å². The number of rotatable bonds is 7. The molecule has 0 saturated carbocycles. The summed E-state index contributed by atoms with van der Waals surface area (Å²) in [6, 6.07) is 86.8. The molecule has 0 fully saturated rings. The SMILES string of the molecule is c1ccc(-c2ccc3cc(N(c4ccccc4)c4cccc(-c5ccc(C6(c7ccccc7)c7ccccc7-c7cc8ccccc8cc76)cc5)c4)ccc3c2)cc1. The molecular formula is C57H39N. The number of hydrogen-bond acceptors (Lipinski definition) is 1. The Morgan fingerprint density at radius 2 is 0.776 bits per heavy atom. The van der Waals surface area contributed by atoms with Gasteiger partial charge in [-0.1, -0.05) is 182 Å². The Hall–Kier alpha value is -7.48. The number of benzene rings is 10. The molecule has 272 valence electrons. The van der Waals surface area contributed by atoms with Crippen molar-refractivity contribution in [1.29, 1.82) is 0 Å². The molecule has 0 N–H and O–H groups in total. The largest absolute Gasteiger partial charge is 0.310 e. The summed E-state index contributed by atoms with van der Waals surface area (Å²) in [5.74, 6) is 0. The molecule has 0 aromatic heterocycles. The van der Waals surface area contributed by atoms with Crippen LogP contribution in [0.3, 0.4) is 0 Å². The van der Waals surface area contributed by atoms with Crippen LogP contribution < -0.4 is 4.90 Å². The average molecular weight is 738 g/mol. The number of anilines is 3. The van der Waals surface area contributed by atoms with Gasteiger partial charge in [0.25, 0.3) is 0 Å². The van der Waals surface area contributed by atoms with Gasteiger partial charge in [0.1, 0.15) is 0 Å². The van der Waals surface area contributed by atoms with E-state index in [1.165, 1.54) is 77.2 Å². The summed E-state index contributed by atoms with van der Waals surface area (Å²) < 4.78 is 0. The zero-order valence-electron chi connectivity index (χ0n) is 32.0. The van der Waals surface area contributed by atoms with Crippen LogP contribution in [0.1, 0.15) is 22.3 Å². The van der Waals surface area contributed by atoms with Gasteiger partial charge < -0.3 is 4.90 Å². The molecule has 10 aromatic rings. The Bertz CT molecular complexity index is 3100. The van der Waals surface area contributed by atoms with Crippen molar-refractivity contribution in [2.75, 3.05) is 4.90 Å². The van der Waals surface area contributed by atoms with Crippen molar-refractivity contribution in [2.24, 2.45) is 0 Å². The lowest BCUT2D eigenvalue weighted by molar-refractivity contribution is 0.769. The molecule has 0 amide bonds. The average Bonchev–Trinajstić information content (AvgIpc) is 3.59. The predicted octanol–water partition coefficient (Wildman–Crippen LogP) is 15.2. The molecule has 1 aliphatic rings. The fraction of sp³-hybridized carbons (Fsp3) is 0.0175. The Labute approximate surface area is 339 Å². The Balaban J connectivity index is 1.01. The van der Waals surface area contributed by atoms with Crippen molar-refractivity contribution >= 4 is 38.6 Å². The van der Waals surface area contributed by atoms with Crippen molar-refractivity contribution in [2.45, 2.75) is 5.41 Å². The second-order valence-corrected chi connectivity index (χ2v) is 15.3. The third kappa shape index (κ3) is 5.55. The summed E-state index contributed by atoms with van der Waals surface area (Å²) in [4.78, 5) is 2.36. The molecule has 1 heteroatoms. The van der Waals surface area contributed by atoms with Gasteiger partial charge in [-0.2, -0.15) is 0 Å². The van der Waals surface area contributed by atoms with Crippen LogP contribution in [0.15, 0.2) is 237 Å². The molecular weight excluding hydrogens is 699 g/mol. The molecule has 1 aliphatic carbocycles. The number of para-hydroxylation sites is 1. The smallest absolute Gasteiger partial charge is 0.0713 e. The Morgan fingerprint density at radius 3 is 1.57 bits per heavy atom. The highest BCUT2D eigenvalue weighted by atomic mass is 15.1. The zero-order chi connectivity index (χ0) is 38.5. The number of hydrogen-bond donors (Lipinski definition) is 0. The van der Waals surface area contributed by atoms with Crippen LogP contribution >= 0.6 is 0 Å². The van der Waals surface area contributed by atoms with E-state index in [1.807, 2.05) is 0 Å². The van der Waals surface area contributed by atoms with Gasteiger partial charge in [0.2, 0.25) is 0 Å². The van der Waals surface area contributed by atoms with E-state index in [0.717, 1.165) is 17.1 Å². The van der Waals surface area contributed by atoms with Gasteiger partial charge in [-0.05, 0) is 132 Å². The minimum absolute atomic E-state index is 0.459.